The van der Waals surface area contributed by atoms with Gasteiger partial charge in [-0.05, 0) is 37.3 Å². The number of nitro benzene ring substituents is 1. The lowest BCUT2D eigenvalue weighted by Crippen LogP contribution is -2.30. The van der Waals surface area contributed by atoms with Gasteiger partial charge in [0.1, 0.15) is 5.56 Å². The second-order valence-electron chi connectivity index (χ2n) is 5.11. The van der Waals surface area contributed by atoms with Crippen molar-refractivity contribution < 1.29 is 19.2 Å². The van der Waals surface area contributed by atoms with Crippen LogP contribution < -0.4 is 5.32 Å². The van der Waals surface area contributed by atoms with Crippen molar-refractivity contribution in [3.8, 4) is 0 Å². The SMILES string of the molecule is C[C@H](OC(=O)c1cc(Cl)ccc1[N+](=O)[O-])C(=O)Nc1cc(Cl)cc(Cl)c1. The van der Waals surface area contributed by atoms with Crippen molar-refractivity contribution in [1.82, 2.24) is 0 Å². The smallest absolute Gasteiger partial charge is 0.345 e. The highest BCUT2D eigenvalue weighted by molar-refractivity contribution is 6.35. The lowest BCUT2D eigenvalue weighted by atomic mass is 10.2. The average Bonchev–Trinajstić information content (AvgIpc) is 2.53. The molecule has 0 saturated heterocycles. The van der Waals surface area contributed by atoms with E-state index in [4.69, 9.17) is 39.5 Å². The van der Waals surface area contributed by atoms with Crippen molar-refractivity contribution >= 4 is 58.1 Å². The van der Waals surface area contributed by atoms with Gasteiger partial charge in [-0.15, -0.1) is 0 Å². The maximum Gasteiger partial charge on any atom is 0.345 e. The van der Waals surface area contributed by atoms with Gasteiger partial charge in [-0.25, -0.2) is 4.79 Å². The second-order valence-corrected chi connectivity index (χ2v) is 6.42. The number of nitrogens with zero attached hydrogens (tertiary/aromatic N) is 1. The van der Waals surface area contributed by atoms with Crippen LogP contribution in [0.25, 0.3) is 0 Å². The van der Waals surface area contributed by atoms with Crippen LogP contribution >= 0.6 is 34.8 Å². The predicted octanol–water partition coefficient (Wildman–Crippen LogP) is 4.74. The number of hydrogen-bond acceptors (Lipinski definition) is 5. The summed E-state index contributed by atoms with van der Waals surface area (Å²) in [7, 11) is 0. The second kappa shape index (κ2) is 8.35. The maximum absolute atomic E-state index is 12.2. The minimum Gasteiger partial charge on any atom is -0.449 e. The Morgan fingerprint density at radius 1 is 1.08 bits per heavy atom. The van der Waals surface area contributed by atoms with Crippen molar-refractivity contribution in [1.29, 1.82) is 0 Å². The molecular weight excluding hydrogens is 407 g/mol. The van der Waals surface area contributed by atoms with Gasteiger partial charge in [0.15, 0.2) is 6.10 Å². The van der Waals surface area contributed by atoms with E-state index in [0.29, 0.717) is 15.7 Å². The molecular formula is C16H11Cl3N2O5. The van der Waals surface area contributed by atoms with Crippen LogP contribution in [-0.4, -0.2) is 22.9 Å². The van der Waals surface area contributed by atoms with E-state index in [-0.39, 0.29) is 10.6 Å². The number of esters is 1. The van der Waals surface area contributed by atoms with E-state index >= 15 is 0 Å². The maximum atomic E-state index is 12.2. The summed E-state index contributed by atoms with van der Waals surface area (Å²) >= 11 is 17.5. The third-order valence-corrected chi connectivity index (χ3v) is 3.83. The highest BCUT2D eigenvalue weighted by Gasteiger charge is 2.25. The van der Waals surface area contributed by atoms with E-state index in [9.17, 15) is 19.7 Å². The van der Waals surface area contributed by atoms with Gasteiger partial charge in [0.2, 0.25) is 0 Å². The Bertz CT molecular complexity index is 868. The first-order valence-corrected chi connectivity index (χ1v) is 8.22. The van der Waals surface area contributed by atoms with E-state index in [2.05, 4.69) is 5.32 Å². The number of nitrogens with one attached hydrogen (secondary N) is 1. The van der Waals surface area contributed by atoms with Crippen LogP contribution in [0.2, 0.25) is 15.1 Å². The minimum absolute atomic E-state index is 0.119. The number of amides is 1. The molecule has 0 heterocycles. The molecule has 0 spiro atoms. The molecule has 0 bridgehead atoms. The van der Waals surface area contributed by atoms with Gasteiger partial charge in [-0.1, -0.05) is 34.8 Å². The van der Waals surface area contributed by atoms with E-state index < -0.39 is 28.6 Å². The molecule has 0 aliphatic rings. The number of carbonyl (C=O) groups is 2. The molecule has 26 heavy (non-hydrogen) atoms. The summed E-state index contributed by atoms with van der Waals surface area (Å²) < 4.78 is 5.00. The highest BCUT2D eigenvalue weighted by Crippen LogP contribution is 2.25. The fourth-order valence-corrected chi connectivity index (χ4v) is 2.68. The number of anilines is 1. The van der Waals surface area contributed by atoms with Crippen molar-refractivity contribution in [3.63, 3.8) is 0 Å². The van der Waals surface area contributed by atoms with Crippen LogP contribution in [0.15, 0.2) is 36.4 Å². The van der Waals surface area contributed by atoms with Gasteiger partial charge < -0.3 is 10.1 Å². The molecule has 1 amide bonds. The number of hydrogen-bond donors (Lipinski definition) is 1. The first kappa shape index (κ1) is 20.0. The molecule has 1 atom stereocenters. The zero-order chi connectivity index (χ0) is 19.4. The molecule has 1 N–H and O–H groups in total. The zero-order valence-corrected chi connectivity index (χ0v) is 15.4. The Labute approximate surface area is 162 Å². The van der Waals surface area contributed by atoms with Gasteiger partial charge >= 0.3 is 5.97 Å². The first-order chi connectivity index (χ1) is 12.2. The Balaban J connectivity index is 2.12. The van der Waals surface area contributed by atoms with Crippen molar-refractivity contribution in [2.75, 3.05) is 5.32 Å². The molecule has 2 aromatic carbocycles. The van der Waals surface area contributed by atoms with Gasteiger partial charge in [0.05, 0.1) is 4.92 Å². The fourth-order valence-electron chi connectivity index (χ4n) is 1.98. The average molecular weight is 418 g/mol. The molecule has 0 fully saturated rings. The Morgan fingerprint density at radius 2 is 1.69 bits per heavy atom. The van der Waals surface area contributed by atoms with Crippen molar-refractivity contribution in [3.05, 3.63) is 67.1 Å². The van der Waals surface area contributed by atoms with E-state index in [0.717, 1.165) is 12.1 Å². The Hall–Kier alpha value is -2.35. The fraction of sp³-hybridized carbons (Fsp3) is 0.125. The summed E-state index contributed by atoms with van der Waals surface area (Å²) in [5, 5.41) is 14.2. The largest absolute Gasteiger partial charge is 0.449 e. The van der Waals surface area contributed by atoms with E-state index in [1.807, 2.05) is 0 Å². The van der Waals surface area contributed by atoms with Gasteiger partial charge in [0.25, 0.3) is 11.6 Å². The summed E-state index contributed by atoms with van der Waals surface area (Å²) in [6, 6.07) is 7.86. The number of halogens is 3. The molecule has 2 aromatic rings. The monoisotopic (exact) mass is 416 g/mol. The Kier molecular flexibility index (Phi) is 6.42. The van der Waals surface area contributed by atoms with Crippen molar-refractivity contribution in [2.45, 2.75) is 13.0 Å². The molecule has 0 aliphatic carbocycles. The number of ether oxygens (including phenoxy) is 1. The predicted molar refractivity (Wildman–Crippen MR) is 98.1 cm³/mol. The van der Waals surface area contributed by atoms with Gasteiger partial charge in [-0.3, -0.25) is 14.9 Å². The third-order valence-electron chi connectivity index (χ3n) is 3.16. The minimum atomic E-state index is -1.24. The highest BCUT2D eigenvalue weighted by atomic mass is 35.5. The van der Waals surface area contributed by atoms with Crippen LogP contribution in [-0.2, 0) is 9.53 Å². The quantitative estimate of drug-likeness (QED) is 0.430. The topological polar surface area (TPSA) is 98.5 Å². The van der Waals surface area contributed by atoms with Crippen LogP contribution in [0.3, 0.4) is 0 Å². The summed E-state index contributed by atoms with van der Waals surface area (Å²) in [5.41, 5.74) is -0.522. The number of nitro groups is 1. The number of rotatable bonds is 5. The Morgan fingerprint density at radius 3 is 2.27 bits per heavy atom. The van der Waals surface area contributed by atoms with Crippen LogP contribution in [0.1, 0.15) is 17.3 Å². The van der Waals surface area contributed by atoms with Crippen LogP contribution in [0, 0.1) is 10.1 Å². The van der Waals surface area contributed by atoms with E-state index in [1.165, 1.54) is 31.2 Å². The van der Waals surface area contributed by atoms with Gasteiger partial charge in [-0.2, -0.15) is 0 Å². The summed E-state index contributed by atoms with van der Waals surface area (Å²) in [4.78, 5) is 34.6. The van der Waals surface area contributed by atoms with Crippen LogP contribution in [0.5, 0.6) is 0 Å². The first-order valence-electron chi connectivity index (χ1n) is 7.09. The molecule has 0 radical (unpaired) electrons. The van der Waals surface area contributed by atoms with Crippen LogP contribution in [0.4, 0.5) is 11.4 Å². The lowest BCUT2D eigenvalue weighted by molar-refractivity contribution is -0.385. The molecule has 136 valence electrons. The zero-order valence-electron chi connectivity index (χ0n) is 13.2. The standard InChI is InChI=1S/C16H11Cl3N2O5/c1-8(15(22)20-12-5-10(18)4-11(19)6-12)26-16(23)13-7-9(17)2-3-14(13)21(24)25/h2-8H,1H3,(H,20,22)/t8-/m0/s1. The normalized spacial score (nSPS) is 11.5. The molecule has 7 nitrogen and oxygen atoms in total. The summed E-state index contributed by atoms with van der Waals surface area (Å²) in [6.45, 7) is 1.32. The number of benzene rings is 2. The summed E-state index contributed by atoms with van der Waals surface area (Å²) in [6.07, 6.45) is -1.24. The third kappa shape index (κ3) is 5.08. The van der Waals surface area contributed by atoms with E-state index in [1.54, 1.807) is 0 Å². The molecule has 0 unspecified atom stereocenters. The number of carbonyl (C=O) groups excluding carboxylic acids is 2. The molecule has 0 aromatic heterocycles. The lowest BCUT2D eigenvalue weighted by Gasteiger charge is -2.14. The molecule has 10 heteroatoms. The van der Waals surface area contributed by atoms with Gasteiger partial charge in [0, 0.05) is 26.8 Å². The molecule has 2 rings (SSSR count). The molecule has 0 aliphatic heterocycles. The summed E-state index contributed by atoms with van der Waals surface area (Å²) in [5.74, 6) is -1.72. The van der Waals surface area contributed by atoms with Crippen molar-refractivity contribution in [2.24, 2.45) is 0 Å². The molecule has 0 saturated carbocycles.